The zero-order chi connectivity index (χ0) is 20.8. The van der Waals surface area contributed by atoms with Crippen LogP contribution < -0.4 is 10.3 Å². The third kappa shape index (κ3) is 4.64. The summed E-state index contributed by atoms with van der Waals surface area (Å²) in [5.41, 5.74) is -1.21. The number of H-pyrrole nitrogens is 1. The van der Waals surface area contributed by atoms with Crippen molar-refractivity contribution in [3.63, 3.8) is 0 Å². The molecule has 0 bridgehead atoms. The molecule has 0 fully saturated rings. The molecule has 2 rings (SSSR count). The van der Waals surface area contributed by atoms with E-state index in [1.165, 1.54) is 24.3 Å². The van der Waals surface area contributed by atoms with Crippen molar-refractivity contribution in [2.75, 3.05) is 14.2 Å². The van der Waals surface area contributed by atoms with Crippen LogP contribution in [0.25, 0.3) is 0 Å². The van der Waals surface area contributed by atoms with E-state index in [0.717, 1.165) is 20.4 Å². The van der Waals surface area contributed by atoms with Crippen molar-refractivity contribution in [1.82, 2.24) is 4.98 Å². The highest BCUT2D eigenvalue weighted by molar-refractivity contribution is 5.92. The summed E-state index contributed by atoms with van der Waals surface area (Å²) in [6, 6.07) is 5.30. The van der Waals surface area contributed by atoms with Crippen LogP contribution in [-0.4, -0.2) is 42.9 Å². The summed E-state index contributed by atoms with van der Waals surface area (Å²) >= 11 is 0. The average Bonchev–Trinajstić information content (AvgIpc) is 2.66. The van der Waals surface area contributed by atoms with Gasteiger partial charge in [0.2, 0.25) is 0 Å². The lowest BCUT2D eigenvalue weighted by molar-refractivity contribution is -0.140. The van der Waals surface area contributed by atoms with E-state index < -0.39 is 42.2 Å². The van der Waals surface area contributed by atoms with E-state index in [-0.39, 0.29) is 22.4 Å². The number of halogens is 2. The van der Waals surface area contributed by atoms with E-state index in [4.69, 9.17) is 0 Å². The minimum Gasteiger partial charge on any atom is -0.506 e. The molecule has 2 aromatic rings. The van der Waals surface area contributed by atoms with Crippen molar-refractivity contribution in [2.45, 2.75) is 19.0 Å². The lowest BCUT2D eigenvalue weighted by Gasteiger charge is -2.19. The number of aromatic nitrogens is 1. The fraction of sp³-hybridized carbons (Fsp3) is 0.278. The lowest BCUT2D eigenvalue weighted by atomic mass is 9.87. The van der Waals surface area contributed by atoms with Gasteiger partial charge in [-0.05, 0) is 17.7 Å². The molecule has 0 saturated heterocycles. The second-order valence-corrected chi connectivity index (χ2v) is 5.57. The van der Waals surface area contributed by atoms with Crippen molar-refractivity contribution in [2.24, 2.45) is 0 Å². The molecule has 0 unspecified atom stereocenters. The molecule has 28 heavy (non-hydrogen) atoms. The average molecular weight is 397 g/mol. The molecular weight excluding hydrogens is 380 g/mol. The van der Waals surface area contributed by atoms with Crippen LogP contribution in [0.3, 0.4) is 0 Å². The summed E-state index contributed by atoms with van der Waals surface area (Å²) in [6.45, 7) is -3.08. The van der Waals surface area contributed by atoms with Crippen LogP contribution in [0.5, 0.6) is 11.5 Å². The molecule has 1 aromatic carbocycles. The molecule has 10 heteroatoms. The Morgan fingerprint density at radius 3 is 2.54 bits per heavy atom. The topological polar surface area (TPSA) is 115 Å². The van der Waals surface area contributed by atoms with Crippen LogP contribution in [0, 0.1) is 0 Å². The Hall–Kier alpha value is -3.43. The second kappa shape index (κ2) is 8.98. The van der Waals surface area contributed by atoms with Crippen molar-refractivity contribution in [1.29, 1.82) is 0 Å². The van der Waals surface area contributed by atoms with E-state index >= 15 is 0 Å². The Balaban J connectivity index is 2.64. The third-order valence-electron chi connectivity index (χ3n) is 3.94. The highest BCUT2D eigenvalue weighted by Crippen LogP contribution is 2.35. The van der Waals surface area contributed by atoms with Crippen LogP contribution in [0.15, 0.2) is 35.3 Å². The predicted molar refractivity (Wildman–Crippen MR) is 91.6 cm³/mol. The Kier molecular flexibility index (Phi) is 6.69. The Labute approximate surface area is 157 Å². The minimum absolute atomic E-state index is 0.206. The summed E-state index contributed by atoms with van der Waals surface area (Å²) in [6.07, 6.45) is 0.564. The molecule has 0 amide bonds. The SMILES string of the molecule is COC(=O)C[C@@H](c1cccc(OC(F)F)c1)c1c(O)c(C(=O)OC)c[nH]c1=O. The number of esters is 2. The zero-order valence-electron chi connectivity index (χ0n) is 14.9. The van der Waals surface area contributed by atoms with E-state index in [2.05, 4.69) is 19.2 Å². The smallest absolute Gasteiger partial charge is 0.387 e. The highest BCUT2D eigenvalue weighted by atomic mass is 19.3. The van der Waals surface area contributed by atoms with Gasteiger partial charge in [0.05, 0.1) is 26.2 Å². The maximum absolute atomic E-state index is 12.5. The van der Waals surface area contributed by atoms with Crippen molar-refractivity contribution in [3.8, 4) is 11.5 Å². The molecule has 0 saturated carbocycles. The molecule has 0 aliphatic heterocycles. The summed E-state index contributed by atoms with van der Waals surface area (Å²) in [5, 5.41) is 10.5. The standard InChI is InChI=1S/C18H17F2NO7/c1-26-13(22)7-11(9-4-3-5-10(6-9)28-18(19)20)14-15(23)12(17(25)27-2)8-21-16(14)24/h3-6,8,11,18H,7H2,1-2H3,(H2,21,23,24)/t11-/m0/s1. The van der Waals surface area contributed by atoms with Gasteiger partial charge in [-0.15, -0.1) is 0 Å². The number of carbonyl (C=O) groups is 2. The van der Waals surface area contributed by atoms with Crippen LogP contribution in [0.4, 0.5) is 8.78 Å². The molecule has 0 spiro atoms. The first-order chi connectivity index (χ1) is 13.3. The third-order valence-corrected chi connectivity index (χ3v) is 3.94. The molecule has 0 aliphatic rings. The maximum Gasteiger partial charge on any atom is 0.387 e. The molecular formula is C18H17F2NO7. The van der Waals surface area contributed by atoms with E-state index in [0.29, 0.717) is 0 Å². The van der Waals surface area contributed by atoms with Gasteiger partial charge in [-0.25, -0.2) is 4.79 Å². The number of pyridine rings is 1. The zero-order valence-corrected chi connectivity index (χ0v) is 14.9. The van der Waals surface area contributed by atoms with E-state index in [1.54, 1.807) is 0 Å². The molecule has 1 heterocycles. The first-order valence-electron chi connectivity index (χ1n) is 7.92. The molecule has 1 atom stereocenters. The van der Waals surface area contributed by atoms with E-state index in [1.807, 2.05) is 0 Å². The van der Waals surface area contributed by atoms with Crippen LogP contribution in [-0.2, 0) is 14.3 Å². The predicted octanol–water partition coefficient (Wildman–Crippen LogP) is 2.16. The van der Waals surface area contributed by atoms with Gasteiger partial charge in [0.15, 0.2) is 0 Å². The Bertz CT molecular complexity index is 926. The van der Waals surface area contributed by atoms with Gasteiger partial charge >= 0.3 is 18.6 Å². The number of carbonyl (C=O) groups excluding carboxylic acids is 2. The number of rotatable bonds is 7. The number of methoxy groups -OCH3 is 2. The summed E-state index contributed by atoms with van der Waals surface area (Å²) < 4.78 is 38.5. The molecule has 2 N–H and O–H groups in total. The highest BCUT2D eigenvalue weighted by Gasteiger charge is 2.28. The maximum atomic E-state index is 12.5. The summed E-state index contributed by atoms with van der Waals surface area (Å²) in [5.74, 6) is -3.65. The van der Waals surface area contributed by atoms with Gasteiger partial charge in [-0.3, -0.25) is 9.59 Å². The van der Waals surface area contributed by atoms with Gasteiger partial charge in [0, 0.05) is 12.1 Å². The number of alkyl halides is 2. The molecule has 150 valence electrons. The lowest BCUT2D eigenvalue weighted by Crippen LogP contribution is -2.22. The second-order valence-electron chi connectivity index (χ2n) is 5.57. The number of hydrogen-bond donors (Lipinski definition) is 2. The van der Waals surface area contributed by atoms with Crippen LogP contribution in [0.1, 0.15) is 33.8 Å². The van der Waals surface area contributed by atoms with Gasteiger partial charge in [0.25, 0.3) is 5.56 Å². The summed E-state index contributed by atoms with van der Waals surface area (Å²) in [4.78, 5) is 38.4. The Morgan fingerprint density at radius 1 is 1.21 bits per heavy atom. The number of aromatic hydroxyl groups is 1. The molecule has 1 aromatic heterocycles. The normalized spacial score (nSPS) is 11.8. The Morgan fingerprint density at radius 2 is 1.93 bits per heavy atom. The van der Waals surface area contributed by atoms with Crippen molar-refractivity contribution >= 4 is 11.9 Å². The van der Waals surface area contributed by atoms with E-state index in [9.17, 15) is 28.3 Å². The van der Waals surface area contributed by atoms with Gasteiger partial charge < -0.3 is 24.3 Å². The fourth-order valence-electron chi connectivity index (χ4n) is 2.67. The monoisotopic (exact) mass is 397 g/mol. The van der Waals surface area contributed by atoms with Crippen LogP contribution in [0.2, 0.25) is 0 Å². The molecule has 0 aliphatic carbocycles. The first kappa shape index (κ1) is 20.9. The van der Waals surface area contributed by atoms with Gasteiger partial charge in [-0.1, -0.05) is 12.1 Å². The minimum atomic E-state index is -3.08. The first-order valence-corrected chi connectivity index (χ1v) is 7.92. The number of benzene rings is 1. The number of nitrogens with one attached hydrogen (secondary N) is 1. The number of ether oxygens (including phenoxy) is 3. The molecule has 8 nitrogen and oxygen atoms in total. The number of hydrogen-bond acceptors (Lipinski definition) is 7. The molecule has 0 radical (unpaired) electrons. The van der Waals surface area contributed by atoms with Gasteiger partial charge in [0.1, 0.15) is 17.1 Å². The largest absolute Gasteiger partial charge is 0.506 e. The van der Waals surface area contributed by atoms with Crippen molar-refractivity contribution in [3.05, 3.63) is 57.5 Å². The van der Waals surface area contributed by atoms with Crippen molar-refractivity contribution < 1.29 is 37.7 Å². The summed E-state index contributed by atoms with van der Waals surface area (Å²) in [7, 11) is 2.22. The number of aromatic amines is 1. The van der Waals surface area contributed by atoms with Gasteiger partial charge in [-0.2, -0.15) is 8.78 Å². The van der Waals surface area contributed by atoms with Crippen LogP contribution >= 0.6 is 0 Å². The quantitative estimate of drug-likeness (QED) is 0.688. The fourth-order valence-corrected chi connectivity index (χ4v) is 2.67.